The Morgan fingerprint density at radius 3 is 3.18 bits per heavy atom. The third-order valence-electron chi connectivity index (χ3n) is 2.80. The summed E-state index contributed by atoms with van der Waals surface area (Å²) in [7, 11) is 0. The van der Waals surface area contributed by atoms with Crippen molar-refractivity contribution in [1.82, 2.24) is 0 Å². The Balaban J connectivity index is 2.00. The second-order valence-electron chi connectivity index (χ2n) is 4.27. The number of aryl methyl sites for hydroxylation is 1. The van der Waals surface area contributed by atoms with Gasteiger partial charge in [0.1, 0.15) is 5.75 Å². The zero-order valence-corrected chi connectivity index (χ0v) is 10.6. The topological polar surface area (TPSA) is 46.5 Å². The molecule has 1 aromatic carbocycles. The lowest BCUT2D eigenvalue weighted by molar-refractivity contribution is -0.140. The minimum absolute atomic E-state index is 0.313. The number of carbonyl (C=O) groups is 1. The van der Waals surface area contributed by atoms with Crippen molar-refractivity contribution in [3.8, 4) is 5.75 Å². The lowest BCUT2D eigenvalue weighted by Gasteiger charge is -2.17. The first kappa shape index (κ1) is 12.3. The third kappa shape index (κ3) is 3.16. The van der Waals surface area contributed by atoms with E-state index < -0.39 is 5.97 Å². The summed E-state index contributed by atoms with van der Waals surface area (Å²) >= 11 is 1.59. The van der Waals surface area contributed by atoms with Crippen molar-refractivity contribution in [2.45, 2.75) is 24.7 Å². The van der Waals surface area contributed by atoms with Gasteiger partial charge in [0.25, 0.3) is 0 Å². The molecule has 0 aliphatic carbocycles. The molecule has 0 amide bonds. The van der Waals surface area contributed by atoms with Crippen LogP contribution in [0.15, 0.2) is 23.1 Å². The number of rotatable bonds is 4. The number of fused-ring (bicyclic) bond motifs is 1. The Labute approximate surface area is 105 Å². The van der Waals surface area contributed by atoms with E-state index in [0.717, 1.165) is 30.1 Å². The predicted molar refractivity (Wildman–Crippen MR) is 67.8 cm³/mol. The molecular weight excluding hydrogens is 236 g/mol. The lowest BCUT2D eigenvalue weighted by atomic mass is 10.1. The average Bonchev–Trinajstić information content (AvgIpc) is 2.35. The second kappa shape index (κ2) is 5.45. The SMILES string of the molecule is CC(CSc1ccc2c(c1)CCCO2)C(=O)O. The molecule has 17 heavy (non-hydrogen) atoms. The van der Waals surface area contributed by atoms with Crippen molar-refractivity contribution in [1.29, 1.82) is 0 Å². The molecule has 1 unspecified atom stereocenters. The van der Waals surface area contributed by atoms with Crippen LogP contribution in [0.1, 0.15) is 18.9 Å². The van der Waals surface area contributed by atoms with E-state index in [2.05, 4.69) is 6.07 Å². The van der Waals surface area contributed by atoms with Crippen LogP contribution in [0.4, 0.5) is 0 Å². The number of hydrogen-bond donors (Lipinski definition) is 1. The molecule has 0 spiro atoms. The van der Waals surface area contributed by atoms with Gasteiger partial charge in [-0.15, -0.1) is 11.8 Å². The number of carboxylic acid groups (broad SMARTS) is 1. The smallest absolute Gasteiger partial charge is 0.307 e. The van der Waals surface area contributed by atoms with Gasteiger partial charge in [0.2, 0.25) is 0 Å². The van der Waals surface area contributed by atoms with Crippen LogP contribution in [-0.2, 0) is 11.2 Å². The van der Waals surface area contributed by atoms with Gasteiger partial charge in [0.05, 0.1) is 12.5 Å². The predicted octanol–water partition coefficient (Wildman–Crippen LogP) is 2.82. The Morgan fingerprint density at radius 1 is 1.59 bits per heavy atom. The zero-order valence-electron chi connectivity index (χ0n) is 9.81. The molecule has 0 fully saturated rings. The van der Waals surface area contributed by atoms with Crippen molar-refractivity contribution in [2.24, 2.45) is 5.92 Å². The minimum atomic E-state index is -0.737. The quantitative estimate of drug-likeness (QED) is 0.837. The van der Waals surface area contributed by atoms with Crippen molar-refractivity contribution in [2.75, 3.05) is 12.4 Å². The van der Waals surface area contributed by atoms with Crippen LogP contribution in [0, 0.1) is 5.92 Å². The maximum Gasteiger partial charge on any atom is 0.307 e. The summed E-state index contributed by atoms with van der Waals surface area (Å²) in [6, 6.07) is 6.11. The van der Waals surface area contributed by atoms with Crippen molar-refractivity contribution in [3.63, 3.8) is 0 Å². The van der Waals surface area contributed by atoms with Gasteiger partial charge in [0, 0.05) is 10.6 Å². The fraction of sp³-hybridized carbons (Fsp3) is 0.462. The number of aliphatic carboxylic acids is 1. The lowest BCUT2D eigenvalue weighted by Crippen LogP contribution is -2.12. The van der Waals surface area contributed by atoms with Crippen LogP contribution in [0.3, 0.4) is 0 Å². The van der Waals surface area contributed by atoms with E-state index in [1.54, 1.807) is 18.7 Å². The van der Waals surface area contributed by atoms with Crippen LogP contribution < -0.4 is 4.74 Å². The fourth-order valence-corrected chi connectivity index (χ4v) is 2.69. The van der Waals surface area contributed by atoms with Gasteiger partial charge in [-0.05, 0) is 36.6 Å². The monoisotopic (exact) mass is 252 g/mol. The van der Waals surface area contributed by atoms with Crippen LogP contribution in [0.5, 0.6) is 5.75 Å². The molecule has 0 saturated carbocycles. The summed E-state index contributed by atoms with van der Waals surface area (Å²) in [5.74, 6) is 0.535. The molecule has 4 heteroatoms. The van der Waals surface area contributed by atoms with E-state index in [-0.39, 0.29) is 5.92 Å². The second-order valence-corrected chi connectivity index (χ2v) is 5.37. The van der Waals surface area contributed by atoms with Gasteiger partial charge >= 0.3 is 5.97 Å². The van der Waals surface area contributed by atoms with E-state index in [0.29, 0.717) is 5.75 Å². The van der Waals surface area contributed by atoms with E-state index in [4.69, 9.17) is 9.84 Å². The highest BCUT2D eigenvalue weighted by Crippen LogP contribution is 2.30. The number of thioether (sulfide) groups is 1. The molecule has 0 bridgehead atoms. The van der Waals surface area contributed by atoms with Gasteiger partial charge in [-0.2, -0.15) is 0 Å². The van der Waals surface area contributed by atoms with Crippen LogP contribution in [0.2, 0.25) is 0 Å². The molecular formula is C13H16O3S. The van der Waals surface area contributed by atoms with Crippen molar-refractivity contribution >= 4 is 17.7 Å². The fourth-order valence-electron chi connectivity index (χ4n) is 1.72. The number of ether oxygens (including phenoxy) is 1. The van der Waals surface area contributed by atoms with E-state index in [1.807, 2.05) is 12.1 Å². The molecule has 3 nitrogen and oxygen atoms in total. The highest BCUT2D eigenvalue weighted by atomic mass is 32.2. The van der Waals surface area contributed by atoms with E-state index in [1.165, 1.54) is 5.56 Å². The molecule has 1 aliphatic rings. The molecule has 2 rings (SSSR count). The van der Waals surface area contributed by atoms with Crippen LogP contribution in [0.25, 0.3) is 0 Å². The molecule has 1 N–H and O–H groups in total. The van der Waals surface area contributed by atoms with Crippen molar-refractivity contribution in [3.05, 3.63) is 23.8 Å². The summed E-state index contributed by atoms with van der Waals surface area (Å²) in [5, 5.41) is 8.82. The summed E-state index contributed by atoms with van der Waals surface area (Å²) in [5.41, 5.74) is 1.24. The molecule has 0 radical (unpaired) electrons. The molecule has 1 aromatic rings. The third-order valence-corrected chi connectivity index (χ3v) is 4.06. The Bertz CT molecular complexity index is 417. The summed E-state index contributed by atoms with van der Waals surface area (Å²) < 4.78 is 5.54. The van der Waals surface area contributed by atoms with Gasteiger partial charge < -0.3 is 9.84 Å². The first-order chi connectivity index (χ1) is 8.16. The van der Waals surface area contributed by atoms with E-state index in [9.17, 15) is 4.79 Å². The minimum Gasteiger partial charge on any atom is -0.493 e. The Morgan fingerprint density at radius 2 is 2.41 bits per heavy atom. The van der Waals surface area contributed by atoms with Gasteiger partial charge in [0.15, 0.2) is 0 Å². The maximum absolute atomic E-state index is 10.7. The molecule has 0 aromatic heterocycles. The molecule has 92 valence electrons. The first-order valence-electron chi connectivity index (χ1n) is 5.78. The number of benzene rings is 1. The van der Waals surface area contributed by atoms with Gasteiger partial charge in [-0.25, -0.2) is 0 Å². The largest absolute Gasteiger partial charge is 0.493 e. The number of carboxylic acids is 1. The maximum atomic E-state index is 10.7. The molecule has 1 aliphatic heterocycles. The standard InChI is InChI=1S/C13H16O3S/c1-9(13(14)15)8-17-11-4-5-12-10(7-11)3-2-6-16-12/h4-5,7,9H,2-3,6,8H2,1H3,(H,14,15). The summed E-state index contributed by atoms with van der Waals surface area (Å²) in [4.78, 5) is 11.8. The molecule has 1 heterocycles. The Hall–Kier alpha value is -1.16. The van der Waals surface area contributed by atoms with Gasteiger partial charge in [-0.3, -0.25) is 4.79 Å². The highest BCUT2D eigenvalue weighted by Gasteiger charge is 2.13. The number of hydrogen-bond acceptors (Lipinski definition) is 3. The summed E-state index contributed by atoms with van der Waals surface area (Å²) in [6.07, 6.45) is 2.12. The zero-order chi connectivity index (χ0) is 12.3. The highest BCUT2D eigenvalue weighted by molar-refractivity contribution is 7.99. The van der Waals surface area contributed by atoms with Crippen molar-refractivity contribution < 1.29 is 14.6 Å². The average molecular weight is 252 g/mol. The van der Waals surface area contributed by atoms with E-state index >= 15 is 0 Å². The normalized spacial score (nSPS) is 15.8. The Kier molecular flexibility index (Phi) is 3.94. The molecule has 0 saturated heterocycles. The first-order valence-corrected chi connectivity index (χ1v) is 6.76. The van der Waals surface area contributed by atoms with Crippen LogP contribution >= 0.6 is 11.8 Å². The van der Waals surface area contributed by atoms with Gasteiger partial charge in [-0.1, -0.05) is 6.92 Å². The molecule has 1 atom stereocenters. The van der Waals surface area contributed by atoms with Crippen LogP contribution in [-0.4, -0.2) is 23.4 Å². The summed E-state index contributed by atoms with van der Waals surface area (Å²) in [6.45, 7) is 2.53.